The van der Waals surface area contributed by atoms with Gasteiger partial charge in [0.2, 0.25) is 0 Å². The third-order valence-corrected chi connectivity index (χ3v) is 4.07. The van der Waals surface area contributed by atoms with Crippen LogP contribution < -0.4 is 15.4 Å². The summed E-state index contributed by atoms with van der Waals surface area (Å²) in [7, 11) is 1.52. The first-order valence-electron chi connectivity index (χ1n) is 8.00. The van der Waals surface area contributed by atoms with Crippen LogP contribution in [0.2, 0.25) is 5.02 Å². The molecular formula is C20H17ClN2O3. The maximum absolute atomic E-state index is 12.3. The Morgan fingerprint density at radius 3 is 2.62 bits per heavy atom. The Kier molecular flexibility index (Phi) is 5.39. The minimum absolute atomic E-state index is 0.187. The van der Waals surface area contributed by atoms with E-state index < -0.39 is 0 Å². The fraction of sp³-hybridized carbons (Fsp3) is 0.100. The van der Waals surface area contributed by atoms with E-state index in [2.05, 4.69) is 10.6 Å². The van der Waals surface area contributed by atoms with E-state index in [1.165, 1.54) is 13.1 Å². The maximum atomic E-state index is 12.3. The summed E-state index contributed by atoms with van der Waals surface area (Å²) in [6, 6.07) is 18.1. The number of halogens is 1. The second-order valence-corrected chi connectivity index (χ2v) is 6.02. The number of carbonyl (C=O) groups excluding carboxylic acids is 2. The van der Waals surface area contributed by atoms with Crippen LogP contribution in [0.25, 0.3) is 10.8 Å². The summed E-state index contributed by atoms with van der Waals surface area (Å²) in [4.78, 5) is 24.2. The number of anilines is 1. The molecule has 3 aromatic rings. The van der Waals surface area contributed by atoms with Crippen molar-refractivity contribution in [3.8, 4) is 5.75 Å². The van der Waals surface area contributed by atoms with Crippen molar-refractivity contribution < 1.29 is 14.3 Å². The minimum atomic E-state index is -0.384. The van der Waals surface area contributed by atoms with Gasteiger partial charge in [0.25, 0.3) is 11.8 Å². The van der Waals surface area contributed by atoms with Gasteiger partial charge in [0.1, 0.15) is 5.75 Å². The third-order valence-electron chi connectivity index (χ3n) is 3.84. The number of carbonyl (C=O) groups is 2. The number of fused-ring (bicyclic) bond motifs is 1. The summed E-state index contributed by atoms with van der Waals surface area (Å²) in [6.07, 6.45) is 0. The van der Waals surface area contributed by atoms with E-state index in [4.69, 9.17) is 16.3 Å². The molecule has 6 heteroatoms. The lowest BCUT2D eigenvalue weighted by Gasteiger charge is -2.12. The molecule has 2 N–H and O–H groups in total. The fourth-order valence-electron chi connectivity index (χ4n) is 2.60. The van der Waals surface area contributed by atoms with E-state index in [0.29, 0.717) is 22.0 Å². The lowest BCUT2D eigenvalue weighted by molar-refractivity contribution is -0.118. The summed E-state index contributed by atoms with van der Waals surface area (Å²) in [5.74, 6) is -0.0758. The number of hydrogen-bond donors (Lipinski definition) is 2. The van der Waals surface area contributed by atoms with Crippen LogP contribution in [0.1, 0.15) is 10.4 Å². The number of nitrogens with one attached hydrogen (secondary N) is 2. The Bertz CT molecular complexity index is 967. The molecule has 132 valence electrons. The van der Waals surface area contributed by atoms with Gasteiger partial charge in [0.15, 0.2) is 6.61 Å². The smallest absolute Gasteiger partial charge is 0.262 e. The monoisotopic (exact) mass is 368 g/mol. The topological polar surface area (TPSA) is 67.4 Å². The lowest BCUT2D eigenvalue weighted by atomic mass is 10.1. The Labute approximate surface area is 155 Å². The molecule has 0 unspecified atom stereocenters. The molecule has 3 aromatic carbocycles. The van der Waals surface area contributed by atoms with Gasteiger partial charge in [-0.2, -0.15) is 0 Å². The average Bonchev–Trinajstić information content (AvgIpc) is 2.66. The summed E-state index contributed by atoms with van der Waals surface area (Å²) < 4.78 is 5.66. The quantitative estimate of drug-likeness (QED) is 0.718. The van der Waals surface area contributed by atoms with E-state index in [0.717, 1.165) is 10.8 Å². The van der Waals surface area contributed by atoms with Crippen molar-refractivity contribution in [2.24, 2.45) is 0 Å². The standard InChI is InChI=1S/C20H17ClN2O3/c1-22-20(25)16-10-9-14(21)11-17(16)23-19(24)12-26-18-8-4-6-13-5-2-3-7-15(13)18/h2-11H,12H2,1H3,(H,22,25)(H,23,24). The van der Waals surface area contributed by atoms with Crippen molar-refractivity contribution in [2.75, 3.05) is 19.0 Å². The van der Waals surface area contributed by atoms with E-state index in [9.17, 15) is 9.59 Å². The Morgan fingerprint density at radius 1 is 1.04 bits per heavy atom. The van der Waals surface area contributed by atoms with Gasteiger partial charge in [-0.25, -0.2) is 0 Å². The first kappa shape index (κ1) is 17.8. The highest BCUT2D eigenvalue weighted by atomic mass is 35.5. The average molecular weight is 369 g/mol. The van der Waals surface area contributed by atoms with Crippen molar-refractivity contribution in [3.63, 3.8) is 0 Å². The number of ether oxygens (including phenoxy) is 1. The Hall–Kier alpha value is -3.05. The van der Waals surface area contributed by atoms with Crippen LogP contribution >= 0.6 is 11.6 Å². The van der Waals surface area contributed by atoms with Crippen LogP contribution in [0.5, 0.6) is 5.75 Å². The molecule has 0 saturated heterocycles. The van der Waals surface area contributed by atoms with E-state index >= 15 is 0 Å². The highest BCUT2D eigenvalue weighted by Gasteiger charge is 2.14. The second kappa shape index (κ2) is 7.89. The molecule has 26 heavy (non-hydrogen) atoms. The van der Waals surface area contributed by atoms with E-state index in [-0.39, 0.29) is 18.4 Å². The van der Waals surface area contributed by atoms with Crippen molar-refractivity contribution in [2.45, 2.75) is 0 Å². The maximum Gasteiger partial charge on any atom is 0.262 e. The van der Waals surface area contributed by atoms with Crippen LogP contribution in [-0.4, -0.2) is 25.5 Å². The second-order valence-electron chi connectivity index (χ2n) is 5.58. The number of benzene rings is 3. The van der Waals surface area contributed by atoms with E-state index in [1.54, 1.807) is 12.1 Å². The highest BCUT2D eigenvalue weighted by Crippen LogP contribution is 2.25. The molecule has 0 aliphatic heterocycles. The van der Waals surface area contributed by atoms with Crippen LogP contribution in [-0.2, 0) is 4.79 Å². The third kappa shape index (κ3) is 3.95. The first-order valence-corrected chi connectivity index (χ1v) is 8.38. The predicted octanol–water partition coefficient (Wildman–Crippen LogP) is 3.87. The zero-order valence-corrected chi connectivity index (χ0v) is 14.8. The molecule has 0 atom stereocenters. The van der Waals surface area contributed by atoms with Crippen LogP contribution in [0.3, 0.4) is 0 Å². The molecule has 5 nitrogen and oxygen atoms in total. The lowest BCUT2D eigenvalue weighted by Crippen LogP contribution is -2.24. The normalized spacial score (nSPS) is 10.4. The minimum Gasteiger partial charge on any atom is -0.483 e. The fourth-order valence-corrected chi connectivity index (χ4v) is 2.78. The summed E-state index contributed by atoms with van der Waals surface area (Å²) in [5.41, 5.74) is 0.666. The van der Waals surface area contributed by atoms with Gasteiger partial charge in [0.05, 0.1) is 11.3 Å². The van der Waals surface area contributed by atoms with Crippen molar-refractivity contribution in [3.05, 3.63) is 71.2 Å². The molecule has 0 saturated carbocycles. The molecule has 2 amide bonds. The highest BCUT2D eigenvalue weighted by molar-refractivity contribution is 6.31. The van der Waals surface area contributed by atoms with Crippen LogP contribution in [0.15, 0.2) is 60.7 Å². The Morgan fingerprint density at radius 2 is 1.81 bits per heavy atom. The zero-order valence-electron chi connectivity index (χ0n) is 14.1. The molecule has 0 spiro atoms. The van der Waals surface area contributed by atoms with Crippen molar-refractivity contribution in [1.29, 1.82) is 0 Å². The van der Waals surface area contributed by atoms with Gasteiger partial charge in [-0.15, -0.1) is 0 Å². The molecular weight excluding hydrogens is 352 g/mol. The van der Waals surface area contributed by atoms with Gasteiger partial charge < -0.3 is 15.4 Å². The van der Waals surface area contributed by atoms with Gasteiger partial charge >= 0.3 is 0 Å². The van der Waals surface area contributed by atoms with Crippen LogP contribution in [0.4, 0.5) is 5.69 Å². The van der Waals surface area contributed by atoms with Gasteiger partial charge in [-0.05, 0) is 29.7 Å². The van der Waals surface area contributed by atoms with Crippen molar-refractivity contribution >= 4 is 39.9 Å². The molecule has 0 aliphatic rings. The SMILES string of the molecule is CNC(=O)c1ccc(Cl)cc1NC(=O)COc1cccc2ccccc12. The number of amides is 2. The zero-order chi connectivity index (χ0) is 18.5. The predicted molar refractivity (Wildman–Crippen MR) is 103 cm³/mol. The molecule has 0 bridgehead atoms. The molecule has 0 heterocycles. The number of hydrogen-bond acceptors (Lipinski definition) is 3. The van der Waals surface area contributed by atoms with Gasteiger partial charge in [-0.1, -0.05) is 48.0 Å². The Balaban J connectivity index is 1.73. The van der Waals surface area contributed by atoms with Crippen LogP contribution in [0, 0.1) is 0 Å². The van der Waals surface area contributed by atoms with Gasteiger partial charge in [-0.3, -0.25) is 9.59 Å². The number of rotatable bonds is 5. The molecule has 0 aliphatic carbocycles. The first-order chi connectivity index (χ1) is 12.6. The largest absolute Gasteiger partial charge is 0.483 e. The van der Waals surface area contributed by atoms with Crippen molar-refractivity contribution in [1.82, 2.24) is 5.32 Å². The molecule has 0 radical (unpaired) electrons. The summed E-state index contributed by atoms with van der Waals surface area (Å²) >= 11 is 5.97. The van der Waals surface area contributed by atoms with E-state index in [1.807, 2.05) is 42.5 Å². The van der Waals surface area contributed by atoms with Gasteiger partial charge in [0, 0.05) is 17.5 Å². The molecule has 0 fully saturated rings. The molecule has 3 rings (SSSR count). The molecule has 0 aromatic heterocycles. The summed E-state index contributed by atoms with van der Waals surface area (Å²) in [5, 5.41) is 7.58. The summed E-state index contributed by atoms with van der Waals surface area (Å²) in [6.45, 7) is -0.187.